The fourth-order valence-corrected chi connectivity index (χ4v) is 2.11. The van der Waals surface area contributed by atoms with Crippen molar-refractivity contribution in [2.45, 2.75) is 51.3 Å². The predicted molar refractivity (Wildman–Crippen MR) is 62.6 cm³/mol. The monoisotopic (exact) mass is 215 g/mol. The predicted octanol–water partition coefficient (Wildman–Crippen LogP) is 2.25. The third-order valence-corrected chi connectivity index (χ3v) is 4.08. The number of carbonyl (C=O) groups excluding carboxylic acids is 1. The van der Waals surface area contributed by atoms with Crippen molar-refractivity contribution >= 4 is 18.5 Å². The van der Waals surface area contributed by atoms with Gasteiger partial charge in [-0.1, -0.05) is 20.8 Å². The van der Waals surface area contributed by atoms with E-state index in [2.05, 4.69) is 31.8 Å². The van der Waals surface area contributed by atoms with Crippen LogP contribution in [-0.4, -0.2) is 17.2 Å². The molecule has 1 rings (SSSR count). The van der Waals surface area contributed by atoms with E-state index in [-0.39, 0.29) is 11.2 Å². The first-order valence-electron chi connectivity index (χ1n) is 5.54. The van der Waals surface area contributed by atoms with Crippen LogP contribution in [0.25, 0.3) is 0 Å². The van der Waals surface area contributed by atoms with E-state index in [0.717, 1.165) is 18.8 Å². The Labute approximate surface area is 92.2 Å². The Kier molecular flexibility index (Phi) is 4.30. The quantitative estimate of drug-likeness (QED) is 0.695. The lowest BCUT2D eigenvalue weighted by atomic mass is 9.98. The average Bonchev–Trinajstić information content (AvgIpc) is 2.48. The Hall–Kier alpha value is -0.180. The molecule has 0 saturated heterocycles. The van der Waals surface area contributed by atoms with Gasteiger partial charge in [0.05, 0.1) is 5.25 Å². The van der Waals surface area contributed by atoms with Crippen LogP contribution in [0.15, 0.2) is 0 Å². The van der Waals surface area contributed by atoms with Crippen LogP contribution in [0.5, 0.6) is 0 Å². The summed E-state index contributed by atoms with van der Waals surface area (Å²) < 4.78 is 0. The Morgan fingerprint density at radius 3 is 2.57 bits per heavy atom. The van der Waals surface area contributed by atoms with Gasteiger partial charge in [-0.2, -0.15) is 12.6 Å². The molecule has 1 fully saturated rings. The highest BCUT2D eigenvalue weighted by Gasteiger charge is 2.31. The first-order chi connectivity index (χ1) is 6.56. The van der Waals surface area contributed by atoms with Gasteiger partial charge in [0, 0.05) is 6.04 Å². The van der Waals surface area contributed by atoms with Crippen LogP contribution in [-0.2, 0) is 4.79 Å². The van der Waals surface area contributed by atoms with E-state index in [4.69, 9.17) is 0 Å². The molecule has 0 radical (unpaired) electrons. The Morgan fingerprint density at radius 1 is 1.50 bits per heavy atom. The van der Waals surface area contributed by atoms with Crippen molar-refractivity contribution in [3.63, 3.8) is 0 Å². The molecule has 0 bridgehead atoms. The van der Waals surface area contributed by atoms with Gasteiger partial charge in [-0.25, -0.2) is 0 Å². The first kappa shape index (κ1) is 11.9. The number of hydrogen-bond acceptors (Lipinski definition) is 2. The summed E-state index contributed by atoms with van der Waals surface area (Å²) in [6, 6.07) is 0.374. The summed E-state index contributed by atoms with van der Waals surface area (Å²) >= 11 is 4.24. The van der Waals surface area contributed by atoms with Crippen molar-refractivity contribution < 1.29 is 4.79 Å². The lowest BCUT2D eigenvalue weighted by molar-refractivity contribution is -0.121. The fraction of sp³-hybridized carbons (Fsp3) is 0.909. The highest BCUT2D eigenvalue weighted by Crippen LogP contribution is 2.31. The Bertz CT molecular complexity index is 207. The maximum atomic E-state index is 11.6. The van der Waals surface area contributed by atoms with Gasteiger partial charge in [-0.05, 0) is 31.1 Å². The third-order valence-electron chi connectivity index (χ3n) is 3.48. The van der Waals surface area contributed by atoms with Gasteiger partial charge >= 0.3 is 0 Å². The van der Waals surface area contributed by atoms with E-state index in [1.54, 1.807) is 0 Å². The van der Waals surface area contributed by atoms with Crippen LogP contribution in [0.2, 0.25) is 0 Å². The summed E-state index contributed by atoms with van der Waals surface area (Å²) in [5, 5.41) is 2.95. The summed E-state index contributed by atoms with van der Waals surface area (Å²) in [6.45, 7) is 6.47. The van der Waals surface area contributed by atoms with Crippen molar-refractivity contribution in [1.82, 2.24) is 5.32 Å². The summed E-state index contributed by atoms with van der Waals surface area (Å²) in [7, 11) is 0. The molecule has 4 unspecified atom stereocenters. The van der Waals surface area contributed by atoms with Gasteiger partial charge in [0.2, 0.25) is 5.91 Å². The molecule has 0 aromatic heterocycles. The molecule has 0 heterocycles. The molecule has 3 heteroatoms. The van der Waals surface area contributed by atoms with Crippen molar-refractivity contribution in [1.29, 1.82) is 0 Å². The third kappa shape index (κ3) is 2.66. The van der Waals surface area contributed by atoms with Crippen molar-refractivity contribution in [2.75, 3.05) is 0 Å². The summed E-state index contributed by atoms with van der Waals surface area (Å²) in [6.07, 6.45) is 3.15. The highest BCUT2D eigenvalue weighted by atomic mass is 32.1. The zero-order valence-electron chi connectivity index (χ0n) is 9.29. The first-order valence-corrected chi connectivity index (χ1v) is 6.06. The molecule has 0 aromatic rings. The number of rotatable bonds is 3. The Morgan fingerprint density at radius 2 is 2.14 bits per heavy atom. The van der Waals surface area contributed by atoms with Crippen LogP contribution in [0.4, 0.5) is 0 Å². The van der Waals surface area contributed by atoms with Gasteiger partial charge in [0.15, 0.2) is 0 Å². The molecule has 1 N–H and O–H groups in total. The van der Waals surface area contributed by atoms with E-state index in [1.807, 2.05) is 6.92 Å². The normalized spacial score (nSPS) is 34.1. The number of nitrogens with one attached hydrogen (secondary N) is 1. The number of thiol groups is 1. The van der Waals surface area contributed by atoms with Crippen LogP contribution < -0.4 is 5.32 Å². The lowest BCUT2D eigenvalue weighted by Gasteiger charge is -2.21. The molecule has 14 heavy (non-hydrogen) atoms. The number of carbonyl (C=O) groups is 1. The Balaban J connectivity index is 2.41. The van der Waals surface area contributed by atoms with Crippen molar-refractivity contribution in [3.05, 3.63) is 0 Å². The molecule has 1 saturated carbocycles. The molecular weight excluding hydrogens is 194 g/mol. The minimum Gasteiger partial charge on any atom is -0.352 e. The van der Waals surface area contributed by atoms with Crippen LogP contribution >= 0.6 is 12.6 Å². The smallest absolute Gasteiger partial charge is 0.233 e. The molecule has 4 atom stereocenters. The molecule has 0 aliphatic heterocycles. The van der Waals surface area contributed by atoms with E-state index in [0.29, 0.717) is 12.0 Å². The fourth-order valence-electron chi connectivity index (χ4n) is 2.03. The molecule has 82 valence electrons. The molecule has 1 aliphatic rings. The van der Waals surface area contributed by atoms with E-state index in [1.165, 1.54) is 6.42 Å². The standard InChI is InChI=1S/C11H21NOS/c1-4-10(14)11(13)12-9-6-5-7(2)8(9)3/h7-10,14H,4-6H2,1-3H3,(H,12,13). The molecule has 1 aliphatic carbocycles. The molecule has 2 nitrogen and oxygen atoms in total. The maximum Gasteiger partial charge on any atom is 0.233 e. The summed E-state index contributed by atoms with van der Waals surface area (Å²) in [5.74, 6) is 1.44. The highest BCUT2D eigenvalue weighted by molar-refractivity contribution is 7.81. The van der Waals surface area contributed by atoms with Crippen LogP contribution in [0.1, 0.15) is 40.0 Å². The topological polar surface area (TPSA) is 29.1 Å². The molecule has 0 spiro atoms. The maximum absolute atomic E-state index is 11.6. The zero-order chi connectivity index (χ0) is 10.7. The molecule has 0 aromatic carbocycles. The van der Waals surface area contributed by atoms with E-state index < -0.39 is 0 Å². The van der Waals surface area contributed by atoms with Gasteiger partial charge in [-0.15, -0.1) is 0 Å². The lowest BCUT2D eigenvalue weighted by Crippen LogP contribution is -2.41. The van der Waals surface area contributed by atoms with Gasteiger partial charge in [0.1, 0.15) is 0 Å². The largest absolute Gasteiger partial charge is 0.352 e. The average molecular weight is 215 g/mol. The SMILES string of the molecule is CCC(S)C(=O)NC1CCC(C)C1C. The van der Waals surface area contributed by atoms with Crippen LogP contribution in [0.3, 0.4) is 0 Å². The second-order valence-corrected chi connectivity index (χ2v) is 5.08. The minimum atomic E-state index is -0.141. The van der Waals surface area contributed by atoms with E-state index in [9.17, 15) is 4.79 Å². The van der Waals surface area contributed by atoms with Crippen LogP contribution in [0, 0.1) is 11.8 Å². The second kappa shape index (κ2) is 5.06. The van der Waals surface area contributed by atoms with Gasteiger partial charge in [0.25, 0.3) is 0 Å². The molecule has 1 amide bonds. The van der Waals surface area contributed by atoms with Gasteiger partial charge in [-0.3, -0.25) is 4.79 Å². The van der Waals surface area contributed by atoms with Crippen molar-refractivity contribution in [2.24, 2.45) is 11.8 Å². The van der Waals surface area contributed by atoms with E-state index >= 15 is 0 Å². The second-order valence-electron chi connectivity index (χ2n) is 4.45. The number of hydrogen-bond donors (Lipinski definition) is 2. The zero-order valence-corrected chi connectivity index (χ0v) is 10.2. The number of amides is 1. The molecular formula is C11H21NOS. The summed E-state index contributed by atoms with van der Waals surface area (Å²) in [4.78, 5) is 11.6. The van der Waals surface area contributed by atoms with Gasteiger partial charge < -0.3 is 5.32 Å². The van der Waals surface area contributed by atoms with Crippen molar-refractivity contribution in [3.8, 4) is 0 Å². The minimum absolute atomic E-state index is 0.0989. The summed E-state index contributed by atoms with van der Waals surface area (Å²) in [5.41, 5.74) is 0.